The van der Waals surface area contributed by atoms with Gasteiger partial charge in [0, 0.05) is 11.5 Å². The summed E-state index contributed by atoms with van der Waals surface area (Å²) in [6.45, 7) is 0. The van der Waals surface area contributed by atoms with Crippen molar-refractivity contribution in [1.29, 1.82) is 0 Å². The number of oxime groups is 1. The van der Waals surface area contributed by atoms with E-state index < -0.39 is 0 Å². The van der Waals surface area contributed by atoms with Crippen molar-refractivity contribution in [3.8, 4) is 5.75 Å². The van der Waals surface area contributed by atoms with Crippen LogP contribution in [-0.4, -0.2) is 31.0 Å². The lowest BCUT2D eigenvalue weighted by atomic mass is 9.76. The van der Waals surface area contributed by atoms with Crippen LogP contribution in [0.25, 0.3) is 0 Å². The topological polar surface area (TPSA) is 55.5 Å². The molecule has 20 heavy (non-hydrogen) atoms. The Morgan fingerprint density at radius 2 is 1.85 bits per heavy atom. The lowest BCUT2D eigenvalue weighted by molar-refractivity contribution is 0.00785. The summed E-state index contributed by atoms with van der Waals surface area (Å²) in [6, 6.07) is 8.91. The Bertz CT molecular complexity index is 625. The van der Waals surface area contributed by atoms with Gasteiger partial charge in [-0.1, -0.05) is 5.16 Å². The maximum Gasteiger partial charge on any atom is 0.141 e. The number of hydrogen-bond donors (Lipinski definition) is 0. The van der Waals surface area contributed by atoms with Gasteiger partial charge >= 0.3 is 0 Å². The van der Waals surface area contributed by atoms with Gasteiger partial charge in [0.05, 0.1) is 24.8 Å². The molecule has 1 aromatic rings. The molecule has 5 heteroatoms. The quantitative estimate of drug-likeness (QED) is 0.827. The van der Waals surface area contributed by atoms with E-state index in [2.05, 4.69) is 27.5 Å². The highest BCUT2D eigenvalue weighted by Gasteiger charge is 2.65. The van der Waals surface area contributed by atoms with Crippen LogP contribution in [0.15, 0.2) is 39.6 Å². The molecule has 0 spiro atoms. The molecule has 4 aliphatic rings. The van der Waals surface area contributed by atoms with Crippen LogP contribution in [0.3, 0.4) is 0 Å². The molecular weight excluding hydrogens is 254 g/mol. The lowest BCUT2D eigenvalue weighted by Crippen LogP contribution is -2.47. The summed E-state index contributed by atoms with van der Waals surface area (Å²) in [7, 11) is 1.68. The summed E-state index contributed by atoms with van der Waals surface area (Å²) in [5, 5.41) is 13.0. The molecule has 2 aliphatic carbocycles. The molecule has 2 aliphatic heterocycles. The fraction of sp³-hybridized carbons (Fsp3) is 0.533. The number of methoxy groups -OCH3 is 1. The average Bonchev–Trinajstić information content (AvgIpc) is 3.07. The van der Waals surface area contributed by atoms with Gasteiger partial charge in [-0.2, -0.15) is 10.2 Å². The van der Waals surface area contributed by atoms with Crippen molar-refractivity contribution in [2.45, 2.75) is 24.6 Å². The van der Waals surface area contributed by atoms with Crippen LogP contribution in [0, 0.1) is 17.8 Å². The van der Waals surface area contributed by atoms with Gasteiger partial charge in [-0.3, -0.25) is 0 Å². The minimum atomic E-state index is 0.220. The van der Waals surface area contributed by atoms with Crippen LogP contribution in [0.4, 0.5) is 0 Å². The van der Waals surface area contributed by atoms with Crippen molar-refractivity contribution in [2.24, 2.45) is 33.1 Å². The molecule has 5 rings (SSSR count). The second-order valence-corrected chi connectivity index (χ2v) is 6.08. The van der Waals surface area contributed by atoms with Crippen LogP contribution in [0.1, 0.15) is 12.0 Å². The van der Waals surface area contributed by atoms with Crippen LogP contribution in [-0.2, 0) is 4.84 Å². The number of fused-ring (bicyclic) bond motifs is 8. The Morgan fingerprint density at radius 1 is 1.10 bits per heavy atom. The second kappa shape index (κ2) is 3.59. The molecule has 1 aromatic carbocycles. The first-order chi connectivity index (χ1) is 9.86. The highest BCUT2D eigenvalue weighted by Crippen LogP contribution is 2.58. The van der Waals surface area contributed by atoms with E-state index in [1.165, 1.54) is 6.42 Å². The van der Waals surface area contributed by atoms with E-state index in [-0.39, 0.29) is 6.10 Å². The molecule has 0 amide bonds. The number of benzene rings is 1. The monoisotopic (exact) mass is 269 g/mol. The normalized spacial score (nSPS) is 42.5. The Kier molecular flexibility index (Phi) is 1.95. The molecular formula is C15H15N3O2. The zero-order valence-electron chi connectivity index (χ0n) is 11.1. The number of rotatable bonds is 2. The van der Waals surface area contributed by atoms with Crippen LogP contribution in [0.2, 0.25) is 0 Å². The summed E-state index contributed by atoms with van der Waals surface area (Å²) >= 11 is 0. The maximum atomic E-state index is 5.74. The highest BCUT2D eigenvalue weighted by molar-refractivity contribution is 6.03. The first-order valence-corrected chi connectivity index (χ1v) is 7.15. The van der Waals surface area contributed by atoms with E-state index in [0.29, 0.717) is 29.8 Å². The second-order valence-electron chi connectivity index (χ2n) is 6.08. The number of hydrogen-bond acceptors (Lipinski definition) is 5. The molecule has 0 radical (unpaired) electrons. The van der Waals surface area contributed by atoms with Crippen molar-refractivity contribution in [1.82, 2.24) is 0 Å². The molecule has 6 atom stereocenters. The third-order valence-corrected chi connectivity index (χ3v) is 5.32. The molecule has 0 saturated heterocycles. The van der Waals surface area contributed by atoms with Gasteiger partial charge < -0.3 is 9.57 Å². The predicted molar refractivity (Wildman–Crippen MR) is 71.9 cm³/mol. The van der Waals surface area contributed by atoms with Crippen LogP contribution >= 0.6 is 0 Å². The Labute approximate surface area is 116 Å². The fourth-order valence-corrected chi connectivity index (χ4v) is 4.38. The molecule has 2 bridgehead atoms. The van der Waals surface area contributed by atoms with Crippen molar-refractivity contribution >= 4 is 5.71 Å². The van der Waals surface area contributed by atoms with Gasteiger partial charge in [-0.15, -0.1) is 0 Å². The van der Waals surface area contributed by atoms with Gasteiger partial charge in [-0.25, -0.2) is 0 Å². The summed E-state index contributed by atoms with van der Waals surface area (Å²) in [5.41, 5.74) is 2.23. The fourth-order valence-electron chi connectivity index (χ4n) is 4.38. The molecule has 2 heterocycles. The van der Waals surface area contributed by atoms with E-state index in [4.69, 9.17) is 9.57 Å². The standard InChI is InChI=1S/C15H15N3O2/c1-19-8-4-2-7(3-5-8)12-11-9-6-10(15(11)20-18-12)14-13(9)16-17-14/h2-5,9-11,13-15H,6H2,1H3. The molecule has 0 N–H and O–H groups in total. The largest absolute Gasteiger partial charge is 0.497 e. The maximum absolute atomic E-state index is 5.74. The van der Waals surface area contributed by atoms with Crippen molar-refractivity contribution < 1.29 is 9.57 Å². The molecule has 6 unspecified atom stereocenters. The Balaban J connectivity index is 1.49. The average molecular weight is 269 g/mol. The van der Waals surface area contributed by atoms with Crippen molar-refractivity contribution in [3.63, 3.8) is 0 Å². The zero-order valence-corrected chi connectivity index (χ0v) is 11.1. The van der Waals surface area contributed by atoms with Gasteiger partial charge in [0.1, 0.15) is 17.9 Å². The van der Waals surface area contributed by atoms with E-state index in [9.17, 15) is 0 Å². The molecule has 0 aromatic heterocycles. The minimum Gasteiger partial charge on any atom is -0.497 e. The number of azo groups is 1. The van der Waals surface area contributed by atoms with E-state index in [1.54, 1.807) is 7.11 Å². The third-order valence-electron chi connectivity index (χ3n) is 5.32. The zero-order chi connectivity index (χ0) is 13.3. The SMILES string of the molecule is COc1ccc(C2=NOC3C4CC(C5N=NC45)C23)cc1. The number of ether oxygens (including phenoxy) is 1. The van der Waals surface area contributed by atoms with Gasteiger partial charge in [0.2, 0.25) is 0 Å². The summed E-state index contributed by atoms with van der Waals surface area (Å²) in [5.74, 6) is 2.35. The number of nitrogens with zero attached hydrogens (tertiary/aromatic N) is 3. The Morgan fingerprint density at radius 3 is 2.55 bits per heavy atom. The Hall–Kier alpha value is -1.91. The molecule has 5 nitrogen and oxygen atoms in total. The molecule has 102 valence electrons. The predicted octanol–water partition coefficient (Wildman–Crippen LogP) is 2.27. The minimum absolute atomic E-state index is 0.220. The third kappa shape index (κ3) is 1.16. The summed E-state index contributed by atoms with van der Waals surface area (Å²) in [4.78, 5) is 5.74. The van der Waals surface area contributed by atoms with Gasteiger partial charge in [-0.05, 0) is 36.6 Å². The van der Waals surface area contributed by atoms with Gasteiger partial charge in [0.15, 0.2) is 0 Å². The lowest BCUT2D eigenvalue weighted by Gasteiger charge is -2.36. The summed E-state index contributed by atoms with van der Waals surface area (Å²) in [6.07, 6.45) is 1.41. The van der Waals surface area contributed by atoms with Crippen molar-refractivity contribution in [3.05, 3.63) is 29.8 Å². The highest BCUT2D eigenvalue weighted by atomic mass is 16.6. The van der Waals surface area contributed by atoms with Crippen LogP contribution in [0.5, 0.6) is 5.75 Å². The first kappa shape index (κ1) is 10.8. The van der Waals surface area contributed by atoms with E-state index in [0.717, 1.165) is 17.0 Å². The summed E-state index contributed by atoms with van der Waals surface area (Å²) < 4.78 is 5.21. The first-order valence-electron chi connectivity index (χ1n) is 7.15. The smallest absolute Gasteiger partial charge is 0.141 e. The molecule has 2 fully saturated rings. The van der Waals surface area contributed by atoms with Crippen LogP contribution < -0.4 is 4.74 Å². The van der Waals surface area contributed by atoms with E-state index in [1.807, 2.05) is 12.1 Å². The van der Waals surface area contributed by atoms with E-state index >= 15 is 0 Å². The van der Waals surface area contributed by atoms with Crippen molar-refractivity contribution in [2.75, 3.05) is 7.11 Å². The molecule has 2 saturated carbocycles. The van der Waals surface area contributed by atoms with Gasteiger partial charge in [0.25, 0.3) is 0 Å².